The Morgan fingerprint density at radius 2 is 1.70 bits per heavy atom. The van der Waals surface area contributed by atoms with Crippen molar-refractivity contribution in [2.45, 2.75) is 32.1 Å². The third-order valence-corrected chi connectivity index (χ3v) is 4.95. The summed E-state index contributed by atoms with van der Waals surface area (Å²) in [6.07, 6.45) is 7.48. The summed E-state index contributed by atoms with van der Waals surface area (Å²) in [4.78, 5) is 19.4. The number of nitrogens with one attached hydrogen (secondary N) is 1. The first kappa shape index (κ1) is 17.6. The molecule has 142 valence electrons. The van der Waals surface area contributed by atoms with E-state index in [2.05, 4.69) is 15.2 Å². The van der Waals surface area contributed by atoms with Gasteiger partial charge in [-0.2, -0.15) is 0 Å². The number of hydrogen-bond acceptors (Lipinski definition) is 5. The summed E-state index contributed by atoms with van der Waals surface area (Å²) in [7, 11) is 0. The molecule has 1 aromatic carbocycles. The summed E-state index contributed by atoms with van der Waals surface area (Å²) >= 11 is 0. The predicted octanol–water partition coefficient (Wildman–Crippen LogP) is 3.88. The first-order valence-electron chi connectivity index (χ1n) is 9.71. The number of rotatable bonds is 3. The zero-order valence-electron chi connectivity index (χ0n) is 15.4. The molecule has 0 saturated carbocycles. The largest absolute Gasteiger partial charge is 0.490 e. The van der Waals surface area contributed by atoms with Gasteiger partial charge in [0, 0.05) is 37.5 Å². The minimum absolute atomic E-state index is 0.181. The molecule has 27 heavy (non-hydrogen) atoms. The zero-order chi connectivity index (χ0) is 18.5. The molecule has 0 radical (unpaired) electrons. The Labute approximate surface area is 159 Å². The van der Waals surface area contributed by atoms with E-state index in [1.807, 2.05) is 24.3 Å². The summed E-state index contributed by atoms with van der Waals surface area (Å²) in [5.41, 5.74) is 1.22. The third kappa shape index (κ3) is 4.32. The van der Waals surface area contributed by atoms with Gasteiger partial charge < -0.3 is 19.7 Å². The van der Waals surface area contributed by atoms with Gasteiger partial charge in [-0.05, 0) is 37.1 Å². The smallest absolute Gasteiger partial charge is 0.257 e. The number of carbonyl (C=O) groups is 1. The molecule has 0 atom stereocenters. The fraction of sp³-hybridized carbons (Fsp3) is 0.429. The van der Waals surface area contributed by atoms with Crippen molar-refractivity contribution >= 4 is 17.4 Å². The molecule has 1 saturated heterocycles. The second-order valence-corrected chi connectivity index (χ2v) is 6.97. The fourth-order valence-corrected chi connectivity index (χ4v) is 3.45. The lowest BCUT2D eigenvalue weighted by Gasteiger charge is -2.21. The van der Waals surface area contributed by atoms with Crippen molar-refractivity contribution < 1.29 is 14.3 Å². The lowest BCUT2D eigenvalue weighted by atomic mass is 10.2. The first-order chi connectivity index (χ1) is 13.3. The SMILES string of the molecule is O=C(Nc1ccc2c(c1)OCCCO2)c1ccc(N2CCCCCC2)nc1. The Morgan fingerprint density at radius 1 is 0.926 bits per heavy atom. The van der Waals surface area contributed by atoms with Crippen LogP contribution in [0.5, 0.6) is 11.5 Å². The van der Waals surface area contributed by atoms with Gasteiger partial charge in [-0.1, -0.05) is 12.8 Å². The lowest BCUT2D eigenvalue weighted by molar-refractivity contribution is 0.102. The van der Waals surface area contributed by atoms with Gasteiger partial charge in [0.2, 0.25) is 0 Å². The molecule has 3 heterocycles. The van der Waals surface area contributed by atoms with Gasteiger partial charge in [-0.3, -0.25) is 4.79 Å². The zero-order valence-corrected chi connectivity index (χ0v) is 15.4. The maximum Gasteiger partial charge on any atom is 0.257 e. The number of benzene rings is 1. The Hall–Kier alpha value is -2.76. The van der Waals surface area contributed by atoms with Gasteiger partial charge >= 0.3 is 0 Å². The summed E-state index contributed by atoms with van der Waals surface area (Å²) in [5.74, 6) is 2.15. The fourth-order valence-electron chi connectivity index (χ4n) is 3.45. The molecule has 6 nitrogen and oxygen atoms in total. The normalized spacial score (nSPS) is 17.0. The second kappa shape index (κ2) is 8.29. The number of fused-ring (bicyclic) bond motifs is 1. The Bertz CT molecular complexity index is 784. The number of ether oxygens (including phenoxy) is 2. The van der Waals surface area contributed by atoms with E-state index in [0.717, 1.165) is 25.3 Å². The Balaban J connectivity index is 1.43. The highest BCUT2D eigenvalue weighted by Crippen LogP contribution is 2.32. The number of anilines is 2. The average molecular weight is 367 g/mol. The van der Waals surface area contributed by atoms with Crippen LogP contribution < -0.4 is 19.7 Å². The van der Waals surface area contributed by atoms with E-state index in [0.29, 0.717) is 36.0 Å². The van der Waals surface area contributed by atoms with E-state index in [1.54, 1.807) is 12.3 Å². The highest BCUT2D eigenvalue weighted by molar-refractivity contribution is 6.04. The Kier molecular flexibility index (Phi) is 5.42. The minimum Gasteiger partial charge on any atom is -0.490 e. The van der Waals surface area contributed by atoms with Crippen molar-refractivity contribution in [2.75, 3.05) is 36.5 Å². The van der Waals surface area contributed by atoms with Crippen molar-refractivity contribution in [1.82, 2.24) is 4.98 Å². The second-order valence-electron chi connectivity index (χ2n) is 6.97. The van der Waals surface area contributed by atoms with Gasteiger partial charge in [0.25, 0.3) is 5.91 Å². The van der Waals surface area contributed by atoms with Gasteiger partial charge in [0.1, 0.15) is 5.82 Å². The molecule has 4 rings (SSSR count). The van der Waals surface area contributed by atoms with E-state index < -0.39 is 0 Å². The van der Waals surface area contributed by atoms with Crippen molar-refractivity contribution in [2.24, 2.45) is 0 Å². The van der Waals surface area contributed by atoms with Crippen LogP contribution in [-0.4, -0.2) is 37.2 Å². The highest BCUT2D eigenvalue weighted by Gasteiger charge is 2.14. The van der Waals surface area contributed by atoms with Crippen molar-refractivity contribution in [3.05, 3.63) is 42.1 Å². The van der Waals surface area contributed by atoms with Gasteiger partial charge in [0.15, 0.2) is 11.5 Å². The monoisotopic (exact) mass is 367 g/mol. The van der Waals surface area contributed by atoms with Crippen LogP contribution in [0.1, 0.15) is 42.5 Å². The van der Waals surface area contributed by atoms with Gasteiger partial charge in [0.05, 0.1) is 18.8 Å². The van der Waals surface area contributed by atoms with Crippen LogP contribution in [0.4, 0.5) is 11.5 Å². The molecule has 0 bridgehead atoms. The van der Waals surface area contributed by atoms with Gasteiger partial charge in [-0.15, -0.1) is 0 Å². The quantitative estimate of drug-likeness (QED) is 0.892. The van der Waals surface area contributed by atoms with Crippen LogP contribution >= 0.6 is 0 Å². The molecule has 0 unspecified atom stereocenters. The summed E-state index contributed by atoms with van der Waals surface area (Å²) in [5, 5.41) is 2.91. The maximum atomic E-state index is 12.6. The molecule has 0 aliphatic carbocycles. The maximum absolute atomic E-state index is 12.6. The molecule has 1 amide bonds. The van der Waals surface area contributed by atoms with Crippen LogP contribution in [0.15, 0.2) is 36.5 Å². The number of nitrogens with zero attached hydrogens (tertiary/aromatic N) is 2. The van der Waals surface area contributed by atoms with E-state index in [4.69, 9.17) is 9.47 Å². The van der Waals surface area contributed by atoms with E-state index >= 15 is 0 Å². The topological polar surface area (TPSA) is 63.7 Å². The molecule has 6 heteroatoms. The van der Waals surface area contributed by atoms with Crippen LogP contribution in [0, 0.1) is 0 Å². The van der Waals surface area contributed by atoms with E-state index in [-0.39, 0.29) is 5.91 Å². The van der Waals surface area contributed by atoms with Crippen LogP contribution in [0.25, 0.3) is 0 Å². The van der Waals surface area contributed by atoms with Crippen molar-refractivity contribution in [3.8, 4) is 11.5 Å². The van der Waals surface area contributed by atoms with Crippen LogP contribution in [0.2, 0.25) is 0 Å². The van der Waals surface area contributed by atoms with Crippen molar-refractivity contribution in [1.29, 1.82) is 0 Å². The average Bonchev–Trinajstić information content (AvgIpc) is 3.11. The van der Waals surface area contributed by atoms with Crippen LogP contribution in [-0.2, 0) is 0 Å². The van der Waals surface area contributed by atoms with E-state index in [9.17, 15) is 4.79 Å². The third-order valence-electron chi connectivity index (χ3n) is 4.95. The molecule has 2 aliphatic rings. The van der Waals surface area contributed by atoms with Gasteiger partial charge in [-0.25, -0.2) is 4.98 Å². The van der Waals surface area contributed by atoms with Crippen LogP contribution in [0.3, 0.4) is 0 Å². The molecular formula is C21H25N3O3. The number of pyridine rings is 1. The molecule has 0 spiro atoms. The lowest BCUT2D eigenvalue weighted by Crippen LogP contribution is -2.25. The molecule has 1 fully saturated rings. The Morgan fingerprint density at radius 3 is 2.44 bits per heavy atom. The standard InChI is InChI=1S/C21H25N3O3/c25-21(23-17-7-8-18-19(14-17)27-13-5-12-26-18)16-6-9-20(22-15-16)24-10-3-1-2-4-11-24/h6-9,14-15H,1-5,10-13H2,(H,23,25). The minimum atomic E-state index is -0.181. The predicted molar refractivity (Wildman–Crippen MR) is 105 cm³/mol. The number of aromatic nitrogens is 1. The summed E-state index contributed by atoms with van der Waals surface area (Å²) in [6, 6.07) is 9.23. The molecule has 2 aliphatic heterocycles. The molecule has 2 aromatic rings. The summed E-state index contributed by atoms with van der Waals surface area (Å²) < 4.78 is 11.3. The number of amides is 1. The summed E-state index contributed by atoms with van der Waals surface area (Å²) in [6.45, 7) is 3.34. The number of hydrogen-bond donors (Lipinski definition) is 1. The number of carbonyl (C=O) groups excluding carboxylic acids is 1. The van der Waals surface area contributed by atoms with E-state index in [1.165, 1.54) is 25.7 Å². The van der Waals surface area contributed by atoms with Crippen molar-refractivity contribution in [3.63, 3.8) is 0 Å². The first-order valence-corrected chi connectivity index (χ1v) is 9.71. The molecule has 1 aromatic heterocycles. The molecule has 1 N–H and O–H groups in total. The highest BCUT2D eigenvalue weighted by atomic mass is 16.5. The molecular weight excluding hydrogens is 342 g/mol.